The molecule has 3 amide bonds. The highest BCUT2D eigenvalue weighted by molar-refractivity contribution is 9.09. The first-order valence-corrected chi connectivity index (χ1v) is 16.9. The van der Waals surface area contributed by atoms with Crippen LogP contribution in [-0.2, 0) is 28.7 Å². The fourth-order valence-corrected chi connectivity index (χ4v) is 8.40. The standard InChI is InChI=1S/C35H39BrClN3O7/c1-4-6-16-26(42)38-21(3)29(22-12-8-7-9-13-22)46-34(45)27-28-32(43)40(18-19-41)31(35(28)20-23(36)30(27)47-35)33(44)39(17-5-2)25-15-11-10-14-24(25)37/h4-5,7-15,21,23,27-31,41H,1-2,6,16-20H2,3H3,(H,38,42)/t21-,23?,27+,28-,29-,30+,31+,35-/m0/s1. The number of rotatable bonds is 14. The summed E-state index contributed by atoms with van der Waals surface area (Å²) in [6.45, 7) is 8.78. The van der Waals surface area contributed by atoms with E-state index in [1.54, 1.807) is 55.5 Å². The number of alkyl halides is 1. The van der Waals surface area contributed by atoms with Gasteiger partial charge in [0.05, 0.1) is 41.3 Å². The average molecular weight is 729 g/mol. The minimum Gasteiger partial charge on any atom is -0.455 e. The fourth-order valence-electron chi connectivity index (χ4n) is 7.22. The molecular formula is C35H39BrClN3O7. The number of aliphatic hydroxyl groups excluding tert-OH is 1. The highest BCUT2D eigenvalue weighted by Gasteiger charge is 2.77. The lowest BCUT2D eigenvalue weighted by Gasteiger charge is -2.37. The summed E-state index contributed by atoms with van der Waals surface area (Å²) in [6, 6.07) is 14.2. The Labute approximate surface area is 287 Å². The second-order valence-corrected chi connectivity index (χ2v) is 13.6. The molecule has 0 aromatic heterocycles. The maximum Gasteiger partial charge on any atom is 0.313 e. The van der Waals surface area contributed by atoms with Crippen molar-refractivity contribution < 1.29 is 33.8 Å². The number of likely N-dealkylation sites (tertiary alicyclic amines) is 1. The number of allylic oxidation sites excluding steroid dienone is 1. The van der Waals surface area contributed by atoms with E-state index in [0.29, 0.717) is 22.7 Å². The zero-order valence-electron chi connectivity index (χ0n) is 26.1. The number of ether oxygens (including phenoxy) is 2. The molecule has 1 unspecified atom stereocenters. The summed E-state index contributed by atoms with van der Waals surface area (Å²) in [7, 11) is 0. The van der Waals surface area contributed by atoms with Gasteiger partial charge in [-0.2, -0.15) is 0 Å². The average Bonchev–Trinajstić information content (AvgIpc) is 3.65. The number of carbonyl (C=O) groups is 4. The van der Waals surface area contributed by atoms with Crippen LogP contribution in [0.4, 0.5) is 5.69 Å². The molecule has 12 heteroatoms. The molecule has 2 N–H and O–H groups in total. The lowest BCUT2D eigenvalue weighted by atomic mass is 9.70. The van der Waals surface area contributed by atoms with Crippen LogP contribution in [-0.4, -0.2) is 82.0 Å². The molecule has 3 aliphatic heterocycles. The van der Waals surface area contributed by atoms with Gasteiger partial charge in [-0.25, -0.2) is 0 Å². The Morgan fingerprint density at radius 3 is 2.55 bits per heavy atom. The number of nitrogens with zero attached hydrogens (tertiary/aromatic N) is 2. The predicted molar refractivity (Wildman–Crippen MR) is 181 cm³/mol. The number of fused-ring (bicyclic) bond motifs is 1. The number of benzene rings is 2. The van der Waals surface area contributed by atoms with Crippen LogP contribution in [0.1, 0.15) is 37.9 Å². The van der Waals surface area contributed by atoms with Crippen molar-refractivity contribution in [1.29, 1.82) is 0 Å². The van der Waals surface area contributed by atoms with Gasteiger partial charge in [-0.1, -0.05) is 82.1 Å². The molecule has 3 heterocycles. The Balaban J connectivity index is 1.49. The van der Waals surface area contributed by atoms with Gasteiger partial charge in [0.2, 0.25) is 11.8 Å². The Kier molecular flexibility index (Phi) is 10.9. The number of para-hydroxylation sites is 1. The molecular weight excluding hydrogens is 690 g/mol. The number of β-amino-alcohol motifs (C(OH)–C–C–N with tert-alkyl or cyclic N) is 1. The third kappa shape index (κ3) is 6.50. The zero-order chi connectivity index (χ0) is 33.9. The molecule has 1 spiro atoms. The normalized spacial score (nSPS) is 27.1. The molecule has 0 aliphatic carbocycles. The number of aliphatic hydroxyl groups is 1. The van der Waals surface area contributed by atoms with Gasteiger partial charge in [0.15, 0.2) is 0 Å². The zero-order valence-corrected chi connectivity index (χ0v) is 28.4. The van der Waals surface area contributed by atoms with Crippen molar-refractivity contribution in [3.8, 4) is 0 Å². The number of amides is 3. The quantitative estimate of drug-likeness (QED) is 0.168. The Morgan fingerprint density at radius 2 is 1.89 bits per heavy atom. The smallest absolute Gasteiger partial charge is 0.313 e. The van der Waals surface area contributed by atoms with Crippen molar-refractivity contribution in [3.05, 3.63) is 90.5 Å². The highest BCUT2D eigenvalue weighted by Crippen LogP contribution is 2.60. The molecule has 3 aliphatic rings. The van der Waals surface area contributed by atoms with Crippen LogP contribution in [0, 0.1) is 11.8 Å². The minimum absolute atomic E-state index is 0.1000. The molecule has 0 saturated carbocycles. The van der Waals surface area contributed by atoms with Crippen molar-refractivity contribution in [2.24, 2.45) is 11.8 Å². The molecule has 3 fully saturated rings. The van der Waals surface area contributed by atoms with Crippen LogP contribution >= 0.6 is 27.5 Å². The molecule has 3 saturated heterocycles. The molecule has 47 heavy (non-hydrogen) atoms. The summed E-state index contributed by atoms with van der Waals surface area (Å²) in [4.78, 5) is 58.1. The number of esters is 1. The number of hydrogen-bond donors (Lipinski definition) is 2. The topological polar surface area (TPSA) is 125 Å². The second kappa shape index (κ2) is 14.7. The number of hydrogen-bond acceptors (Lipinski definition) is 7. The van der Waals surface area contributed by atoms with Gasteiger partial charge in [0.1, 0.15) is 17.7 Å². The van der Waals surface area contributed by atoms with E-state index >= 15 is 0 Å². The van der Waals surface area contributed by atoms with Gasteiger partial charge in [0.25, 0.3) is 5.91 Å². The van der Waals surface area contributed by atoms with Gasteiger partial charge in [-0.05, 0) is 37.5 Å². The van der Waals surface area contributed by atoms with Gasteiger partial charge in [-0.15, -0.1) is 13.2 Å². The van der Waals surface area contributed by atoms with Crippen molar-refractivity contribution in [2.75, 3.05) is 24.6 Å². The monoisotopic (exact) mass is 727 g/mol. The van der Waals surface area contributed by atoms with Crippen molar-refractivity contribution >= 4 is 56.9 Å². The Bertz CT molecular complexity index is 1530. The maximum atomic E-state index is 14.5. The first-order chi connectivity index (χ1) is 22.6. The highest BCUT2D eigenvalue weighted by atomic mass is 79.9. The second-order valence-electron chi connectivity index (χ2n) is 12.1. The van der Waals surface area contributed by atoms with Crippen molar-refractivity contribution in [1.82, 2.24) is 10.2 Å². The summed E-state index contributed by atoms with van der Waals surface area (Å²) < 4.78 is 12.8. The summed E-state index contributed by atoms with van der Waals surface area (Å²) in [6.07, 6.45) is 2.60. The van der Waals surface area contributed by atoms with Crippen LogP contribution in [0.2, 0.25) is 5.02 Å². The molecule has 0 radical (unpaired) electrons. The largest absolute Gasteiger partial charge is 0.455 e. The first kappa shape index (κ1) is 34.8. The van der Waals surface area contributed by atoms with Gasteiger partial charge < -0.3 is 29.7 Å². The molecule has 8 atom stereocenters. The molecule has 5 rings (SSSR count). The summed E-state index contributed by atoms with van der Waals surface area (Å²) in [5.74, 6) is -3.92. The summed E-state index contributed by atoms with van der Waals surface area (Å²) in [5, 5.41) is 13.3. The van der Waals surface area contributed by atoms with Gasteiger partial charge >= 0.3 is 5.97 Å². The Hall–Kier alpha value is -3.51. The van der Waals surface area contributed by atoms with E-state index in [-0.39, 0.29) is 36.7 Å². The molecule has 2 aromatic carbocycles. The van der Waals surface area contributed by atoms with Crippen molar-refractivity contribution in [2.45, 2.75) is 60.9 Å². The maximum absolute atomic E-state index is 14.5. The third-order valence-corrected chi connectivity index (χ3v) is 10.3. The van der Waals surface area contributed by atoms with Crippen LogP contribution in [0.5, 0.6) is 0 Å². The number of anilines is 1. The van der Waals surface area contributed by atoms with E-state index in [1.807, 2.05) is 18.2 Å². The molecule has 250 valence electrons. The first-order valence-electron chi connectivity index (χ1n) is 15.6. The predicted octanol–water partition coefficient (Wildman–Crippen LogP) is 4.35. The van der Waals surface area contributed by atoms with E-state index < -0.39 is 66.1 Å². The van der Waals surface area contributed by atoms with Gasteiger partial charge in [-0.3, -0.25) is 19.2 Å². The molecule has 2 aromatic rings. The van der Waals surface area contributed by atoms with E-state index in [2.05, 4.69) is 34.4 Å². The summed E-state index contributed by atoms with van der Waals surface area (Å²) >= 11 is 10.2. The van der Waals surface area contributed by atoms with E-state index in [9.17, 15) is 24.3 Å². The molecule has 10 nitrogen and oxygen atoms in total. The number of halogens is 2. The van der Waals surface area contributed by atoms with Gasteiger partial charge in [0, 0.05) is 24.3 Å². The van der Waals surface area contributed by atoms with Crippen LogP contribution in [0.15, 0.2) is 79.9 Å². The summed E-state index contributed by atoms with van der Waals surface area (Å²) in [5.41, 5.74) is -0.276. The van der Waals surface area contributed by atoms with E-state index in [4.69, 9.17) is 21.1 Å². The third-order valence-electron chi connectivity index (χ3n) is 9.15. The lowest BCUT2D eigenvalue weighted by molar-refractivity contribution is -0.162. The van der Waals surface area contributed by atoms with E-state index in [1.165, 1.54) is 9.80 Å². The van der Waals surface area contributed by atoms with Crippen molar-refractivity contribution in [3.63, 3.8) is 0 Å². The van der Waals surface area contributed by atoms with Crippen LogP contribution in [0.3, 0.4) is 0 Å². The number of nitrogens with one attached hydrogen (secondary N) is 1. The minimum atomic E-state index is -1.38. The van der Waals surface area contributed by atoms with E-state index in [0.717, 1.165) is 0 Å². The Morgan fingerprint density at radius 1 is 1.19 bits per heavy atom. The van der Waals surface area contributed by atoms with Crippen LogP contribution in [0.25, 0.3) is 0 Å². The lowest BCUT2D eigenvalue weighted by Crippen LogP contribution is -2.57. The van der Waals surface area contributed by atoms with Crippen LogP contribution < -0.4 is 10.2 Å². The molecule has 2 bridgehead atoms. The number of carbonyl (C=O) groups excluding carboxylic acids is 4. The SMILES string of the molecule is C=CCCC(=O)N[C@@H](C)[C@H](OC(=O)[C@H]1[C@@H]2O[C@@]3(CC2Br)[C@@H]1C(=O)N(CCO)[C@@H]3C(=O)N(CC=C)c1ccccc1Cl)c1ccccc1. The fraction of sp³-hybridized carbons (Fsp3) is 0.429.